The molecule has 24 heavy (non-hydrogen) atoms. The van der Waals surface area contributed by atoms with Crippen LogP contribution in [0.4, 0.5) is 17.1 Å². The third kappa shape index (κ3) is 6.53. The first-order valence-corrected chi connectivity index (χ1v) is 7.52. The number of aliphatic hydroxyl groups is 1. The fourth-order valence-electron chi connectivity index (χ4n) is 1.91. The molecule has 0 saturated carbocycles. The highest BCUT2D eigenvalue weighted by molar-refractivity contribution is 5.73. The summed E-state index contributed by atoms with van der Waals surface area (Å²) in [5.74, 6) is 0. The monoisotopic (exact) mass is 336 g/mol. The summed E-state index contributed by atoms with van der Waals surface area (Å²) in [6.07, 6.45) is 7.63. The number of hydrogen-bond donors (Lipinski definition) is 2. The molecule has 0 aliphatic heterocycles. The van der Waals surface area contributed by atoms with Gasteiger partial charge < -0.3 is 5.11 Å². The Balaban J connectivity index is 2.63. The molecule has 0 heterocycles. The molecule has 1 unspecified atom stereocenters. The number of aliphatic hydroxyl groups excluding tert-OH is 1. The zero-order valence-corrected chi connectivity index (χ0v) is 13.3. The molecule has 2 N–H and O–H groups in total. The van der Waals surface area contributed by atoms with Gasteiger partial charge in [-0.05, 0) is 18.6 Å². The maximum absolute atomic E-state index is 10.9. The number of allylic oxidation sites excluding steroid dienone is 1. The van der Waals surface area contributed by atoms with Gasteiger partial charge in [0.2, 0.25) is 0 Å². The molecular formula is C15H20N4O5. The lowest BCUT2D eigenvalue weighted by atomic mass is 10.1. The zero-order chi connectivity index (χ0) is 17.9. The molecule has 0 saturated heterocycles. The number of nitro benzene ring substituents is 2. The number of unbranched alkanes of at least 4 members (excludes halogenated alkanes) is 2. The zero-order valence-electron chi connectivity index (χ0n) is 13.3. The van der Waals surface area contributed by atoms with Crippen molar-refractivity contribution in [2.45, 2.75) is 38.7 Å². The van der Waals surface area contributed by atoms with Crippen LogP contribution < -0.4 is 5.43 Å². The van der Waals surface area contributed by atoms with Crippen LogP contribution in [0.1, 0.15) is 32.6 Å². The highest BCUT2D eigenvalue weighted by Gasteiger charge is 2.18. The largest absolute Gasteiger partial charge is 0.389 e. The van der Waals surface area contributed by atoms with Crippen molar-refractivity contribution in [3.05, 3.63) is 50.6 Å². The van der Waals surface area contributed by atoms with Crippen molar-refractivity contribution < 1.29 is 15.0 Å². The number of benzene rings is 1. The van der Waals surface area contributed by atoms with E-state index in [1.807, 2.05) is 0 Å². The van der Waals surface area contributed by atoms with Crippen LogP contribution in [0.25, 0.3) is 0 Å². The van der Waals surface area contributed by atoms with E-state index < -0.39 is 21.6 Å². The van der Waals surface area contributed by atoms with Crippen LogP contribution in [-0.4, -0.2) is 27.3 Å². The average molecular weight is 336 g/mol. The summed E-state index contributed by atoms with van der Waals surface area (Å²) < 4.78 is 0. The maximum atomic E-state index is 10.9. The molecule has 1 aromatic carbocycles. The Hall–Kier alpha value is -2.81. The van der Waals surface area contributed by atoms with E-state index in [0.29, 0.717) is 6.42 Å². The second kappa shape index (κ2) is 10.1. The first-order chi connectivity index (χ1) is 11.5. The smallest absolute Gasteiger partial charge is 0.301 e. The number of nitrogens with one attached hydrogen (secondary N) is 1. The lowest BCUT2D eigenvalue weighted by Gasteiger charge is -2.03. The summed E-state index contributed by atoms with van der Waals surface area (Å²) in [5.41, 5.74) is 1.69. The Morgan fingerprint density at radius 2 is 2.04 bits per heavy atom. The number of rotatable bonds is 10. The second-order valence-corrected chi connectivity index (χ2v) is 5.05. The molecule has 0 radical (unpaired) electrons. The quantitative estimate of drug-likeness (QED) is 0.291. The molecule has 130 valence electrons. The van der Waals surface area contributed by atoms with Gasteiger partial charge in [0.1, 0.15) is 5.69 Å². The lowest BCUT2D eigenvalue weighted by molar-refractivity contribution is -0.393. The second-order valence-electron chi connectivity index (χ2n) is 5.05. The van der Waals surface area contributed by atoms with E-state index in [2.05, 4.69) is 17.5 Å². The van der Waals surface area contributed by atoms with Gasteiger partial charge >= 0.3 is 5.69 Å². The Labute approximate surface area is 139 Å². The maximum Gasteiger partial charge on any atom is 0.301 e. The summed E-state index contributed by atoms with van der Waals surface area (Å²) in [5, 5.41) is 35.0. The summed E-state index contributed by atoms with van der Waals surface area (Å²) in [4.78, 5) is 20.2. The number of nitrogens with zero attached hydrogens (tertiary/aromatic N) is 3. The van der Waals surface area contributed by atoms with Gasteiger partial charge in [-0.2, -0.15) is 5.10 Å². The van der Waals surface area contributed by atoms with Gasteiger partial charge in [-0.15, -0.1) is 0 Å². The Morgan fingerprint density at radius 3 is 2.67 bits per heavy atom. The standard InChI is InChI=1S/C15H20N4O5/c1-2-3-4-6-13(20)7-5-10-16-17-14-9-8-12(18(21)22)11-15(14)19(23)24/h5,7-11,13,17,20H,2-4,6H2,1H3/b7-5+,16-10+. The van der Waals surface area contributed by atoms with Crippen LogP contribution in [-0.2, 0) is 0 Å². The van der Waals surface area contributed by atoms with Gasteiger partial charge in [0.05, 0.1) is 22.0 Å². The third-order valence-corrected chi connectivity index (χ3v) is 3.17. The Bertz CT molecular complexity index is 630. The Morgan fingerprint density at radius 1 is 1.29 bits per heavy atom. The molecule has 0 fully saturated rings. The van der Waals surface area contributed by atoms with Crippen molar-refractivity contribution >= 4 is 23.3 Å². The van der Waals surface area contributed by atoms with E-state index >= 15 is 0 Å². The molecule has 0 bridgehead atoms. The summed E-state index contributed by atoms with van der Waals surface area (Å²) >= 11 is 0. The van der Waals surface area contributed by atoms with Crippen molar-refractivity contribution in [2.75, 3.05) is 5.43 Å². The van der Waals surface area contributed by atoms with Crippen LogP contribution in [0, 0.1) is 20.2 Å². The molecule has 9 heteroatoms. The van der Waals surface area contributed by atoms with Crippen LogP contribution >= 0.6 is 0 Å². The van der Waals surface area contributed by atoms with Crippen LogP contribution in [0.2, 0.25) is 0 Å². The van der Waals surface area contributed by atoms with Crippen LogP contribution in [0.15, 0.2) is 35.5 Å². The average Bonchev–Trinajstić information content (AvgIpc) is 2.54. The van der Waals surface area contributed by atoms with Gasteiger partial charge in [-0.1, -0.05) is 32.3 Å². The summed E-state index contributed by atoms with van der Waals surface area (Å²) in [6, 6.07) is 3.24. The summed E-state index contributed by atoms with van der Waals surface area (Å²) in [6.45, 7) is 2.08. The molecule has 0 spiro atoms. The van der Waals surface area contributed by atoms with E-state index in [1.54, 1.807) is 6.08 Å². The van der Waals surface area contributed by atoms with Crippen LogP contribution in [0.3, 0.4) is 0 Å². The number of hydrazone groups is 1. The van der Waals surface area contributed by atoms with E-state index in [-0.39, 0.29) is 11.4 Å². The van der Waals surface area contributed by atoms with Crippen molar-refractivity contribution in [1.82, 2.24) is 0 Å². The minimum atomic E-state index is -0.724. The van der Waals surface area contributed by atoms with E-state index in [0.717, 1.165) is 31.4 Å². The van der Waals surface area contributed by atoms with Gasteiger partial charge in [0.25, 0.3) is 5.69 Å². The first-order valence-electron chi connectivity index (χ1n) is 7.52. The van der Waals surface area contributed by atoms with Gasteiger partial charge in [-0.3, -0.25) is 25.7 Å². The third-order valence-electron chi connectivity index (χ3n) is 3.17. The first kappa shape index (κ1) is 19.2. The normalized spacial score (nSPS) is 12.6. The van der Waals surface area contributed by atoms with E-state index in [9.17, 15) is 25.3 Å². The number of hydrogen-bond acceptors (Lipinski definition) is 7. The molecule has 1 atom stereocenters. The number of nitro groups is 2. The number of non-ortho nitro benzene ring substituents is 1. The van der Waals surface area contributed by atoms with Gasteiger partial charge in [0, 0.05) is 12.3 Å². The molecule has 0 amide bonds. The topological polar surface area (TPSA) is 131 Å². The molecule has 0 aliphatic carbocycles. The molecule has 1 aromatic rings. The fraction of sp³-hybridized carbons (Fsp3) is 0.400. The predicted octanol–water partition coefficient (Wildman–Crippen LogP) is 3.40. The fourth-order valence-corrected chi connectivity index (χ4v) is 1.91. The molecule has 0 aromatic heterocycles. The minimum absolute atomic E-state index is 0.0405. The lowest BCUT2D eigenvalue weighted by Crippen LogP contribution is -2.01. The highest BCUT2D eigenvalue weighted by Crippen LogP contribution is 2.28. The predicted molar refractivity (Wildman–Crippen MR) is 91.2 cm³/mol. The van der Waals surface area contributed by atoms with E-state index in [1.165, 1.54) is 18.4 Å². The van der Waals surface area contributed by atoms with Gasteiger partial charge in [-0.25, -0.2) is 0 Å². The van der Waals surface area contributed by atoms with Crippen molar-refractivity contribution in [1.29, 1.82) is 0 Å². The van der Waals surface area contributed by atoms with Crippen molar-refractivity contribution in [2.24, 2.45) is 5.10 Å². The van der Waals surface area contributed by atoms with E-state index in [4.69, 9.17) is 0 Å². The molecule has 0 aliphatic rings. The molecule has 9 nitrogen and oxygen atoms in total. The van der Waals surface area contributed by atoms with Crippen molar-refractivity contribution in [3.8, 4) is 0 Å². The summed E-state index contributed by atoms with van der Waals surface area (Å²) in [7, 11) is 0. The molecule has 1 rings (SSSR count). The van der Waals surface area contributed by atoms with Gasteiger partial charge in [0.15, 0.2) is 0 Å². The SMILES string of the molecule is CCCCCC(O)/C=C/C=N/Nc1ccc([N+](=O)[O-])cc1[N+](=O)[O-]. The number of anilines is 1. The van der Waals surface area contributed by atoms with Crippen LogP contribution in [0.5, 0.6) is 0 Å². The molecular weight excluding hydrogens is 316 g/mol. The Kier molecular flexibility index (Phi) is 8.06. The van der Waals surface area contributed by atoms with Crippen molar-refractivity contribution in [3.63, 3.8) is 0 Å². The highest BCUT2D eigenvalue weighted by atomic mass is 16.6. The minimum Gasteiger partial charge on any atom is -0.389 e.